The van der Waals surface area contributed by atoms with Crippen LogP contribution in [0, 0.1) is 29.6 Å². The van der Waals surface area contributed by atoms with Crippen molar-refractivity contribution in [1.82, 2.24) is 10.6 Å². The molecule has 4 aliphatic heterocycles. The van der Waals surface area contributed by atoms with Crippen LogP contribution in [0.2, 0.25) is 0 Å². The Labute approximate surface area is 288 Å². The van der Waals surface area contributed by atoms with Crippen molar-refractivity contribution >= 4 is 23.8 Å². The number of hydrogen-bond acceptors (Lipinski definition) is 11. The summed E-state index contributed by atoms with van der Waals surface area (Å²) in [5, 5.41) is 15.1. The highest BCUT2D eigenvalue weighted by molar-refractivity contribution is 5.91. The third kappa shape index (κ3) is 8.22. The monoisotopic (exact) mass is 688 g/mol. The van der Waals surface area contributed by atoms with Gasteiger partial charge < -0.3 is 34.7 Å². The molecule has 272 valence electrons. The zero-order valence-corrected chi connectivity index (χ0v) is 29.4. The zero-order valence-electron chi connectivity index (χ0n) is 29.4. The van der Waals surface area contributed by atoms with E-state index in [0.717, 1.165) is 19.3 Å². The van der Waals surface area contributed by atoms with E-state index in [-0.39, 0.29) is 55.3 Å². The van der Waals surface area contributed by atoms with Crippen molar-refractivity contribution < 1.29 is 53.0 Å². The second kappa shape index (κ2) is 15.3. The maximum absolute atomic E-state index is 13.4. The minimum Gasteiger partial charge on any atom is -0.508 e. The minimum absolute atomic E-state index is 0.0148. The number of phenols is 1. The Bertz CT molecular complexity index is 1350. The smallest absolute Gasteiger partial charge is 0.328 e. The summed E-state index contributed by atoms with van der Waals surface area (Å²) in [7, 11) is 0. The standard InChI is InChI=1S/C36H52N2O11/c1-7-44-32(43)28(19-23-9-11-24(39)12-10-23)38-31(42)27(18-20(2)3)37-29(40)14-15-30(41)45-33-22(5)26-13-8-21(4)25-16-17-35(6)47-34(46-33)36(25,26)49-48-35/h9-12,20-22,25-28,33-34,39H,7-8,13-19H2,1-6H3,(H,37,40)(H,38,42)/t21-,22-,25+,26-,27+,28+,33-,34+,35-,36-/m1/s1. The molecule has 0 radical (unpaired) electrons. The van der Waals surface area contributed by atoms with Gasteiger partial charge in [0.05, 0.1) is 13.0 Å². The predicted octanol–water partition coefficient (Wildman–Crippen LogP) is 4.04. The van der Waals surface area contributed by atoms with E-state index in [1.54, 1.807) is 19.1 Å². The van der Waals surface area contributed by atoms with Crippen LogP contribution >= 0.6 is 0 Å². The molecule has 2 amide bonds. The zero-order chi connectivity index (χ0) is 35.5. The molecule has 1 spiro atoms. The number of aromatic hydroxyl groups is 1. The highest BCUT2D eigenvalue weighted by Crippen LogP contribution is 2.60. The van der Waals surface area contributed by atoms with Crippen molar-refractivity contribution in [3.05, 3.63) is 29.8 Å². The molecule has 0 unspecified atom stereocenters. The number of hydrogen-bond donors (Lipinski definition) is 3. The summed E-state index contributed by atoms with van der Waals surface area (Å²) < 4.78 is 23.7. The average molecular weight is 689 g/mol. The molecule has 10 atom stereocenters. The summed E-state index contributed by atoms with van der Waals surface area (Å²) in [6, 6.07) is 4.33. The molecule has 49 heavy (non-hydrogen) atoms. The van der Waals surface area contributed by atoms with Gasteiger partial charge in [-0.25, -0.2) is 14.6 Å². The van der Waals surface area contributed by atoms with Crippen LogP contribution < -0.4 is 10.6 Å². The normalized spacial score (nSPS) is 33.0. The van der Waals surface area contributed by atoms with E-state index >= 15 is 0 Å². The Morgan fingerprint density at radius 2 is 1.71 bits per heavy atom. The minimum atomic E-state index is -1.01. The molecule has 4 saturated heterocycles. The van der Waals surface area contributed by atoms with E-state index in [2.05, 4.69) is 17.6 Å². The van der Waals surface area contributed by atoms with E-state index in [1.165, 1.54) is 12.1 Å². The third-order valence-electron chi connectivity index (χ3n) is 10.5. The highest BCUT2D eigenvalue weighted by atomic mass is 17.3. The van der Waals surface area contributed by atoms with E-state index < -0.39 is 59.8 Å². The van der Waals surface area contributed by atoms with Gasteiger partial charge in [0.15, 0.2) is 11.9 Å². The first-order valence-corrected chi connectivity index (χ1v) is 17.7. The quantitative estimate of drug-likeness (QED) is 0.202. The van der Waals surface area contributed by atoms with Crippen LogP contribution in [0.3, 0.4) is 0 Å². The molecular formula is C36H52N2O11. The fraction of sp³-hybridized carbons (Fsp3) is 0.722. The largest absolute Gasteiger partial charge is 0.508 e. The predicted molar refractivity (Wildman–Crippen MR) is 174 cm³/mol. The molecule has 13 nitrogen and oxygen atoms in total. The van der Waals surface area contributed by atoms with Gasteiger partial charge in [0, 0.05) is 31.1 Å². The van der Waals surface area contributed by atoms with Crippen molar-refractivity contribution in [2.45, 2.75) is 129 Å². The van der Waals surface area contributed by atoms with E-state index in [9.17, 15) is 24.3 Å². The van der Waals surface area contributed by atoms with Crippen LogP contribution in [0.4, 0.5) is 0 Å². The maximum atomic E-state index is 13.4. The van der Waals surface area contributed by atoms with Crippen molar-refractivity contribution in [2.75, 3.05) is 6.61 Å². The number of carbonyl (C=O) groups is 4. The molecule has 1 saturated carbocycles. The lowest BCUT2D eigenvalue weighted by Gasteiger charge is -2.59. The highest BCUT2D eigenvalue weighted by Gasteiger charge is 2.69. The lowest BCUT2D eigenvalue weighted by molar-refractivity contribution is -0.576. The Balaban J connectivity index is 1.18. The summed E-state index contributed by atoms with van der Waals surface area (Å²) >= 11 is 0. The number of esters is 2. The number of ether oxygens (including phenoxy) is 4. The summed E-state index contributed by atoms with van der Waals surface area (Å²) in [5.74, 6) is -2.74. The van der Waals surface area contributed by atoms with Gasteiger partial charge in [0.1, 0.15) is 17.8 Å². The van der Waals surface area contributed by atoms with E-state index in [1.807, 2.05) is 27.7 Å². The topological polar surface area (TPSA) is 168 Å². The summed E-state index contributed by atoms with van der Waals surface area (Å²) in [5.41, 5.74) is -0.0744. The van der Waals surface area contributed by atoms with Gasteiger partial charge in [-0.2, -0.15) is 0 Å². The van der Waals surface area contributed by atoms with Crippen molar-refractivity contribution in [3.63, 3.8) is 0 Å². The molecule has 1 aromatic rings. The first kappa shape index (κ1) is 37.0. The SMILES string of the molecule is CCOC(=O)[C@H](Cc1ccc(O)cc1)NC(=O)[C@H](CC(C)C)NC(=O)CCC(=O)O[C@@H]1O[C@H]2O[C@@]3(C)CC[C@H]4[C@H](C)CC[C@H]([C@H]1C)[C@@]24OO3. The summed E-state index contributed by atoms with van der Waals surface area (Å²) in [6.07, 6.45) is 1.78. The first-order valence-electron chi connectivity index (χ1n) is 17.7. The molecule has 6 rings (SSSR count). The molecule has 13 heteroatoms. The number of benzene rings is 1. The number of rotatable bonds is 13. The number of fused-ring (bicyclic) bond motifs is 2. The number of amides is 2. The molecule has 4 heterocycles. The van der Waals surface area contributed by atoms with Crippen LogP contribution in [0.1, 0.15) is 92.1 Å². The molecule has 3 N–H and O–H groups in total. The summed E-state index contributed by atoms with van der Waals surface area (Å²) in [4.78, 5) is 64.3. The number of phenolic OH excluding ortho intramolecular Hbond substituents is 1. The van der Waals surface area contributed by atoms with Crippen LogP contribution in [-0.4, -0.2) is 71.5 Å². The van der Waals surface area contributed by atoms with Crippen molar-refractivity contribution in [3.8, 4) is 5.75 Å². The van der Waals surface area contributed by atoms with Gasteiger partial charge in [0.2, 0.25) is 23.9 Å². The van der Waals surface area contributed by atoms with E-state index in [0.29, 0.717) is 24.3 Å². The Morgan fingerprint density at radius 3 is 2.41 bits per heavy atom. The Hall–Kier alpha value is -3.26. The molecule has 5 aliphatic rings. The second-order valence-corrected chi connectivity index (χ2v) is 14.7. The van der Waals surface area contributed by atoms with Crippen molar-refractivity contribution in [1.29, 1.82) is 0 Å². The van der Waals surface area contributed by atoms with Gasteiger partial charge in [-0.1, -0.05) is 39.8 Å². The number of nitrogens with one attached hydrogen (secondary N) is 2. The second-order valence-electron chi connectivity index (χ2n) is 14.7. The Morgan fingerprint density at radius 1 is 0.980 bits per heavy atom. The van der Waals surface area contributed by atoms with Crippen LogP contribution in [0.5, 0.6) is 5.75 Å². The molecule has 0 aromatic heterocycles. The van der Waals surface area contributed by atoms with Crippen LogP contribution in [0.25, 0.3) is 0 Å². The fourth-order valence-electron chi connectivity index (χ4n) is 7.96. The average Bonchev–Trinajstić information content (AvgIpc) is 3.28. The van der Waals surface area contributed by atoms with Gasteiger partial charge in [0.25, 0.3) is 0 Å². The first-order chi connectivity index (χ1) is 23.2. The van der Waals surface area contributed by atoms with Gasteiger partial charge in [-0.05, 0) is 75.0 Å². The number of carbonyl (C=O) groups excluding carboxylic acids is 4. The Kier molecular flexibility index (Phi) is 11.6. The fourth-order valence-corrected chi connectivity index (χ4v) is 7.96. The molecule has 1 aliphatic carbocycles. The van der Waals surface area contributed by atoms with Crippen LogP contribution in [-0.2, 0) is 54.3 Å². The third-order valence-corrected chi connectivity index (χ3v) is 10.5. The molecule has 5 fully saturated rings. The molecule has 1 aromatic carbocycles. The molecule has 2 bridgehead atoms. The maximum Gasteiger partial charge on any atom is 0.328 e. The van der Waals surface area contributed by atoms with Crippen LogP contribution in [0.15, 0.2) is 24.3 Å². The lowest BCUT2D eigenvalue weighted by Crippen LogP contribution is -2.70. The molecular weight excluding hydrogens is 636 g/mol. The van der Waals surface area contributed by atoms with Crippen molar-refractivity contribution in [2.24, 2.45) is 29.6 Å². The summed E-state index contributed by atoms with van der Waals surface area (Å²) in [6.45, 7) is 11.7. The van der Waals surface area contributed by atoms with Gasteiger partial charge >= 0.3 is 11.9 Å². The van der Waals surface area contributed by atoms with Gasteiger partial charge in [-0.15, -0.1) is 0 Å². The van der Waals surface area contributed by atoms with Gasteiger partial charge in [-0.3, -0.25) is 14.4 Å². The lowest BCUT2D eigenvalue weighted by atomic mass is 9.58. The van der Waals surface area contributed by atoms with E-state index in [4.69, 9.17) is 28.7 Å².